The molecule has 0 saturated carbocycles. The van der Waals surface area contributed by atoms with Crippen molar-refractivity contribution in [1.29, 1.82) is 0 Å². The van der Waals surface area contributed by atoms with Crippen molar-refractivity contribution in [3.05, 3.63) is 46.4 Å². The Labute approximate surface area is 101 Å². The minimum Gasteiger partial charge on any atom is -0.299 e. The smallest absolute Gasteiger partial charge is 0.274 e. The maximum absolute atomic E-state index is 12.2. The summed E-state index contributed by atoms with van der Waals surface area (Å²) in [5.41, 5.74) is 2.68. The highest BCUT2D eigenvalue weighted by Gasteiger charge is 2.24. The van der Waals surface area contributed by atoms with Crippen LogP contribution < -0.4 is 5.56 Å². The molecule has 0 aliphatic heterocycles. The number of nitrogens with zero attached hydrogens (tertiary/aromatic N) is 1. The van der Waals surface area contributed by atoms with Crippen molar-refractivity contribution in [2.24, 2.45) is 7.05 Å². The number of hydrogen-bond donors (Lipinski definition) is 1. The highest BCUT2D eigenvalue weighted by molar-refractivity contribution is 5.66. The summed E-state index contributed by atoms with van der Waals surface area (Å²) < 4.78 is 1.54. The van der Waals surface area contributed by atoms with Crippen LogP contribution in [-0.2, 0) is 12.5 Å². The third kappa shape index (κ3) is 2.05. The Kier molecular flexibility index (Phi) is 2.69. The third-order valence-electron chi connectivity index (χ3n) is 2.86. The molecule has 17 heavy (non-hydrogen) atoms. The summed E-state index contributed by atoms with van der Waals surface area (Å²) in [5.74, 6) is 0. The van der Waals surface area contributed by atoms with E-state index in [4.69, 9.17) is 0 Å². The Morgan fingerprint density at radius 3 is 2.24 bits per heavy atom. The lowest BCUT2D eigenvalue weighted by Gasteiger charge is -2.18. The van der Waals surface area contributed by atoms with E-state index in [0.717, 1.165) is 16.8 Å². The van der Waals surface area contributed by atoms with Gasteiger partial charge in [-0.3, -0.25) is 14.6 Å². The van der Waals surface area contributed by atoms with Crippen LogP contribution >= 0.6 is 0 Å². The summed E-state index contributed by atoms with van der Waals surface area (Å²) in [4.78, 5) is 12.2. The molecule has 0 aliphatic carbocycles. The van der Waals surface area contributed by atoms with Crippen LogP contribution in [-0.4, -0.2) is 9.78 Å². The summed E-state index contributed by atoms with van der Waals surface area (Å²) in [5, 5.41) is 3.16. The fraction of sp³-hybridized carbons (Fsp3) is 0.357. The van der Waals surface area contributed by atoms with Crippen LogP contribution in [0.5, 0.6) is 0 Å². The zero-order valence-corrected chi connectivity index (χ0v) is 10.7. The number of aromatic nitrogens is 2. The van der Waals surface area contributed by atoms with E-state index in [1.165, 1.54) is 0 Å². The Morgan fingerprint density at radius 2 is 1.71 bits per heavy atom. The van der Waals surface area contributed by atoms with E-state index in [-0.39, 0.29) is 11.0 Å². The second kappa shape index (κ2) is 3.91. The lowest BCUT2D eigenvalue weighted by Crippen LogP contribution is -2.14. The van der Waals surface area contributed by atoms with E-state index < -0.39 is 0 Å². The molecule has 90 valence electrons. The Balaban J connectivity index is 2.73. The van der Waals surface area contributed by atoms with E-state index in [1.807, 2.05) is 30.3 Å². The van der Waals surface area contributed by atoms with E-state index in [1.54, 1.807) is 11.7 Å². The summed E-state index contributed by atoms with van der Waals surface area (Å²) in [6, 6.07) is 9.81. The Morgan fingerprint density at radius 1 is 1.12 bits per heavy atom. The monoisotopic (exact) mass is 230 g/mol. The lowest BCUT2D eigenvalue weighted by molar-refractivity contribution is 0.553. The quantitative estimate of drug-likeness (QED) is 0.803. The fourth-order valence-electron chi connectivity index (χ4n) is 1.96. The van der Waals surface area contributed by atoms with Gasteiger partial charge in [0.05, 0.1) is 11.3 Å². The molecule has 0 aliphatic rings. The number of aromatic amines is 1. The van der Waals surface area contributed by atoms with Crippen molar-refractivity contribution in [3.8, 4) is 11.1 Å². The molecule has 3 heteroatoms. The van der Waals surface area contributed by atoms with E-state index >= 15 is 0 Å². The third-order valence-corrected chi connectivity index (χ3v) is 2.86. The Hall–Kier alpha value is -1.77. The first kappa shape index (κ1) is 11.7. The summed E-state index contributed by atoms with van der Waals surface area (Å²) in [6.45, 7) is 6.31. The van der Waals surface area contributed by atoms with Crippen LogP contribution in [0.1, 0.15) is 26.5 Å². The van der Waals surface area contributed by atoms with Gasteiger partial charge in [0.25, 0.3) is 5.56 Å². The van der Waals surface area contributed by atoms with Gasteiger partial charge in [-0.05, 0) is 5.56 Å². The maximum Gasteiger partial charge on any atom is 0.274 e. The van der Waals surface area contributed by atoms with Crippen LogP contribution in [0.3, 0.4) is 0 Å². The molecular weight excluding hydrogens is 212 g/mol. The lowest BCUT2D eigenvalue weighted by atomic mass is 9.87. The van der Waals surface area contributed by atoms with Gasteiger partial charge in [-0.15, -0.1) is 0 Å². The van der Waals surface area contributed by atoms with E-state index in [9.17, 15) is 4.79 Å². The molecule has 3 nitrogen and oxygen atoms in total. The van der Waals surface area contributed by atoms with Crippen LogP contribution in [0, 0.1) is 0 Å². The predicted octanol–water partition coefficient (Wildman–Crippen LogP) is 2.68. The van der Waals surface area contributed by atoms with E-state index in [0.29, 0.717) is 0 Å². The average molecular weight is 230 g/mol. The number of rotatable bonds is 1. The van der Waals surface area contributed by atoms with Gasteiger partial charge < -0.3 is 0 Å². The number of hydrogen-bond acceptors (Lipinski definition) is 1. The summed E-state index contributed by atoms with van der Waals surface area (Å²) in [6.07, 6.45) is 0. The number of nitrogens with one attached hydrogen (secondary N) is 1. The average Bonchev–Trinajstić information content (AvgIpc) is 2.57. The zero-order chi connectivity index (χ0) is 12.6. The van der Waals surface area contributed by atoms with Crippen LogP contribution in [0.15, 0.2) is 35.1 Å². The molecule has 2 aromatic rings. The molecule has 1 N–H and O–H groups in total. The van der Waals surface area contributed by atoms with Crippen molar-refractivity contribution in [2.45, 2.75) is 26.2 Å². The van der Waals surface area contributed by atoms with Gasteiger partial charge in [0, 0.05) is 12.5 Å². The van der Waals surface area contributed by atoms with Crippen LogP contribution in [0.25, 0.3) is 11.1 Å². The zero-order valence-electron chi connectivity index (χ0n) is 10.7. The van der Waals surface area contributed by atoms with Gasteiger partial charge in [-0.2, -0.15) is 0 Å². The fourth-order valence-corrected chi connectivity index (χ4v) is 1.96. The molecule has 0 radical (unpaired) electrons. The van der Waals surface area contributed by atoms with Crippen molar-refractivity contribution < 1.29 is 0 Å². The van der Waals surface area contributed by atoms with Gasteiger partial charge >= 0.3 is 0 Å². The highest BCUT2D eigenvalue weighted by atomic mass is 16.1. The first-order chi connectivity index (χ1) is 7.91. The first-order valence-corrected chi connectivity index (χ1v) is 5.76. The molecule has 0 unspecified atom stereocenters. The minimum atomic E-state index is -0.0778. The molecule has 0 bridgehead atoms. The molecule has 1 aromatic carbocycles. The van der Waals surface area contributed by atoms with Crippen molar-refractivity contribution in [3.63, 3.8) is 0 Å². The topological polar surface area (TPSA) is 37.8 Å². The molecule has 0 fully saturated rings. The van der Waals surface area contributed by atoms with Gasteiger partial charge in [-0.1, -0.05) is 51.1 Å². The second-order valence-corrected chi connectivity index (χ2v) is 5.34. The minimum absolute atomic E-state index is 0.0288. The number of H-pyrrole nitrogens is 1. The molecule has 1 aromatic heterocycles. The van der Waals surface area contributed by atoms with Crippen LogP contribution in [0.2, 0.25) is 0 Å². The molecule has 0 amide bonds. The molecular formula is C14H18N2O. The highest BCUT2D eigenvalue weighted by Crippen LogP contribution is 2.28. The van der Waals surface area contributed by atoms with Gasteiger partial charge in [0.15, 0.2) is 0 Å². The largest absolute Gasteiger partial charge is 0.299 e. The van der Waals surface area contributed by atoms with E-state index in [2.05, 4.69) is 25.9 Å². The molecule has 0 saturated heterocycles. The Bertz CT molecular complexity index is 571. The predicted molar refractivity (Wildman–Crippen MR) is 70.2 cm³/mol. The molecule has 1 heterocycles. The number of aryl methyl sites for hydroxylation is 1. The van der Waals surface area contributed by atoms with Gasteiger partial charge in [0.2, 0.25) is 0 Å². The standard InChI is InChI=1S/C14H18N2O/c1-14(2,3)12-11(13(17)16(4)15-12)10-8-6-5-7-9-10/h5-9,15H,1-4H3. The first-order valence-electron chi connectivity index (χ1n) is 5.76. The van der Waals surface area contributed by atoms with Crippen LogP contribution in [0.4, 0.5) is 0 Å². The normalized spacial score (nSPS) is 11.8. The number of benzene rings is 1. The molecule has 0 atom stereocenters. The SMILES string of the molecule is Cn1[nH]c(C(C)(C)C)c(-c2ccccc2)c1=O. The van der Waals surface area contributed by atoms with Gasteiger partial charge in [0.1, 0.15) is 0 Å². The molecule has 2 rings (SSSR count). The van der Waals surface area contributed by atoms with Crippen molar-refractivity contribution >= 4 is 0 Å². The maximum atomic E-state index is 12.2. The van der Waals surface area contributed by atoms with Crippen molar-refractivity contribution in [2.75, 3.05) is 0 Å². The van der Waals surface area contributed by atoms with Crippen molar-refractivity contribution in [1.82, 2.24) is 9.78 Å². The second-order valence-electron chi connectivity index (χ2n) is 5.34. The molecule has 0 spiro atoms. The van der Waals surface area contributed by atoms with Gasteiger partial charge in [-0.25, -0.2) is 0 Å². The summed E-state index contributed by atoms with van der Waals surface area (Å²) in [7, 11) is 1.75. The summed E-state index contributed by atoms with van der Waals surface area (Å²) >= 11 is 0.